The SMILES string of the molecule is CCN([S+]([O-])c1cccc(C)c1)P(=O)(SN)SN.NSP(=O)(N[S+]([O-])c1ccc(C(Cl)(Cl)Cl)cc1)SN. The molecule has 0 fully saturated rings. The van der Waals surface area contributed by atoms with Crippen molar-refractivity contribution in [1.82, 2.24) is 8.57 Å². The summed E-state index contributed by atoms with van der Waals surface area (Å²) in [5.74, 6) is 0. The molecule has 0 aliphatic carbocycles. The Kier molecular flexibility index (Phi) is 16.7. The Morgan fingerprint density at radius 3 is 1.89 bits per heavy atom. The Labute approximate surface area is 254 Å². The number of hydrogen-bond acceptors (Lipinski definition) is 12. The Balaban J connectivity index is 0.000000371. The number of nitrogens with two attached hydrogens (primary N) is 4. The molecule has 2 aromatic carbocycles. The minimum absolute atomic E-state index is 0.340. The first-order valence-electron chi connectivity index (χ1n) is 9.57. The maximum Gasteiger partial charge on any atom is 0.325 e. The van der Waals surface area contributed by atoms with Crippen molar-refractivity contribution in [2.45, 2.75) is 27.4 Å². The summed E-state index contributed by atoms with van der Waals surface area (Å²) in [6, 6.07) is 13.3. The van der Waals surface area contributed by atoms with Crippen molar-refractivity contribution in [2.75, 3.05) is 6.54 Å². The van der Waals surface area contributed by atoms with Gasteiger partial charge in [0.25, 0.3) is 0 Å². The van der Waals surface area contributed by atoms with Crippen LogP contribution in [0.5, 0.6) is 0 Å². The monoisotopic (exact) mass is 724 g/mol. The standard InChI is InChI=1S/C9H16N3O2PS3.C7H9Cl3N3O2PS3/c1-3-12(15(13,16-10)17-11)18(14)9-6-4-5-8(2)7-9;8-7(9,10)5-1-3-6(4-2-5)19(15)13-16(14,17-11)18-12/h4-7H,3,10-11H2,1-2H3;1-4H,11-12H2,(H,13,14). The Bertz CT molecular complexity index is 1080. The van der Waals surface area contributed by atoms with E-state index in [0.717, 1.165) is 5.56 Å². The molecule has 0 bridgehead atoms. The molecule has 2 rings (SSSR count). The Hall–Kier alpha value is 1.55. The van der Waals surface area contributed by atoms with E-state index >= 15 is 0 Å². The molecule has 0 amide bonds. The number of hydrogen-bond donors (Lipinski definition) is 5. The lowest BCUT2D eigenvalue weighted by molar-refractivity contribution is 0.520. The van der Waals surface area contributed by atoms with Crippen molar-refractivity contribution < 1.29 is 18.2 Å². The molecule has 2 aromatic rings. The van der Waals surface area contributed by atoms with Gasteiger partial charge < -0.3 is 9.11 Å². The second kappa shape index (κ2) is 16.9. The van der Waals surface area contributed by atoms with E-state index in [1.54, 1.807) is 19.1 Å². The molecule has 0 aliphatic heterocycles. The lowest BCUT2D eigenvalue weighted by Gasteiger charge is -2.26. The summed E-state index contributed by atoms with van der Waals surface area (Å²) in [6.45, 7) is 4.02. The van der Waals surface area contributed by atoms with Crippen LogP contribution < -0.4 is 25.0 Å². The average molecular weight is 726 g/mol. The summed E-state index contributed by atoms with van der Waals surface area (Å²) >= 11 is 16.2. The highest BCUT2D eigenvalue weighted by molar-refractivity contribution is 8.90. The van der Waals surface area contributed by atoms with Crippen LogP contribution in [-0.2, 0) is 35.6 Å². The summed E-state index contributed by atoms with van der Waals surface area (Å²) < 4.78 is 50.8. The van der Waals surface area contributed by atoms with Crippen LogP contribution in [0.4, 0.5) is 0 Å². The molecule has 9 N–H and O–H groups in total. The van der Waals surface area contributed by atoms with Gasteiger partial charge in [-0.15, -0.1) is 0 Å². The normalized spacial score (nSPS) is 14.2. The summed E-state index contributed by atoms with van der Waals surface area (Å²) in [5, 5.41) is 21.3. The molecule has 0 aliphatic rings. The van der Waals surface area contributed by atoms with Gasteiger partial charge in [-0.1, -0.05) is 51.4 Å². The van der Waals surface area contributed by atoms with E-state index in [1.165, 1.54) is 28.3 Å². The zero-order valence-electron chi connectivity index (χ0n) is 19.2. The molecule has 0 heterocycles. The first-order chi connectivity index (χ1) is 17.2. The van der Waals surface area contributed by atoms with E-state index < -0.39 is 37.9 Å². The summed E-state index contributed by atoms with van der Waals surface area (Å²) in [6.07, 6.45) is 0. The maximum atomic E-state index is 12.4. The molecule has 0 radical (unpaired) electrons. The van der Waals surface area contributed by atoms with Crippen LogP contribution in [0.15, 0.2) is 58.3 Å². The molecule has 37 heavy (non-hydrogen) atoms. The van der Waals surface area contributed by atoms with Gasteiger partial charge in [0.1, 0.15) is 0 Å². The van der Waals surface area contributed by atoms with Gasteiger partial charge in [-0.3, -0.25) is 29.7 Å². The molecule has 21 heteroatoms. The van der Waals surface area contributed by atoms with Crippen LogP contribution >= 0.6 is 92.5 Å². The number of nitrogens with zero attached hydrogens (tertiary/aromatic N) is 1. The van der Waals surface area contributed by atoms with Crippen molar-refractivity contribution >= 4 is 115 Å². The fraction of sp³-hybridized carbons (Fsp3) is 0.250. The predicted molar refractivity (Wildman–Crippen MR) is 168 cm³/mol. The van der Waals surface area contributed by atoms with Crippen LogP contribution in [0.2, 0.25) is 0 Å². The van der Waals surface area contributed by atoms with Crippen molar-refractivity contribution in [3.05, 3.63) is 59.7 Å². The second-order valence-electron chi connectivity index (χ2n) is 6.50. The van der Waals surface area contributed by atoms with Gasteiger partial charge >= 0.3 is 11.4 Å². The third-order valence-corrected chi connectivity index (χ3v) is 20.8. The van der Waals surface area contributed by atoms with E-state index in [-0.39, 0.29) is 0 Å². The fourth-order valence-corrected chi connectivity index (χ4v) is 13.6. The van der Waals surface area contributed by atoms with Crippen LogP contribution in [-0.4, -0.2) is 19.7 Å². The smallest absolute Gasteiger partial charge is 0.325 e. The molecule has 0 spiro atoms. The van der Waals surface area contributed by atoms with Gasteiger partial charge in [0.2, 0.25) is 3.79 Å². The van der Waals surface area contributed by atoms with E-state index in [1.807, 2.05) is 19.1 Å². The lowest BCUT2D eigenvalue weighted by Crippen LogP contribution is -2.27. The molecule has 0 saturated heterocycles. The highest BCUT2D eigenvalue weighted by Crippen LogP contribution is 2.68. The van der Waals surface area contributed by atoms with Crippen LogP contribution in [0.25, 0.3) is 0 Å². The largest absolute Gasteiger partial charge is 0.593 e. The zero-order chi connectivity index (χ0) is 28.4. The molecule has 2 unspecified atom stereocenters. The fourth-order valence-electron chi connectivity index (χ4n) is 2.35. The summed E-state index contributed by atoms with van der Waals surface area (Å²) in [5.41, 5.74) is -4.87. The number of benzene rings is 2. The van der Waals surface area contributed by atoms with E-state index in [2.05, 4.69) is 4.49 Å². The first-order valence-corrected chi connectivity index (χ1v) is 22.3. The molecule has 2 atom stereocenters. The number of alkyl halides is 3. The summed E-state index contributed by atoms with van der Waals surface area (Å²) in [4.78, 5) is 0.960. The molecule has 10 nitrogen and oxygen atoms in total. The van der Waals surface area contributed by atoms with E-state index in [4.69, 9.17) is 55.4 Å². The Morgan fingerprint density at radius 1 is 0.946 bits per heavy atom. The van der Waals surface area contributed by atoms with Gasteiger partial charge in [0.15, 0.2) is 9.79 Å². The predicted octanol–water partition coefficient (Wildman–Crippen LogP) is 6.11. The first kappa shape index (κ1) is 36.6. The van der Waals surface area contributed by atoms with Crippen molar-refractivity contribution in [2.24, 2.45) is 20.6 Å². The highest BCUT2D eigenvalue weighted by atomic mass is 35.6. The molecule has 0 saturated carbocycles. The van der Waals surface area contributed by atoms with Crippen molar-refractivity contribution in [3.8, 4) is 0 Å². The molecule has 210 valence electrons. The lowest BCUT2D eigenvalue weighted by atomic mass is 10.2. The van der Waals surface area contributed by atoms with Crippen LogP contribution in [0.1, 0.15) is 18.1 Å². The topological polar surface area (TPSA) is 200 Å². The average Bonchev–Trinajstić information content (AvgIpc) is 2.88. The summed E-state index contributed by atoms with van der Waals surface area (Å²) in [7, 11) is 0. The third kappa shape index (κ3) is 11.4. The molecule has 0 aromatic heterocycles. The second-order valence-corrected chi connectivity index (χ2v) is 25.4. The van der Waals surface area contributed by atoms with Crippen molar-refractivity contribution in [3.63, 3.8) is 0 Å². The highest BCUT2D eigenvalue weighted by Gasteiger charge is 2.39. The molecular weight excluding hydrogens is 701 g/mol. The van der Waals surface area contributed by atoms with Gasteiger partial charge in [-0.05, 0) is 59.9 Å². The van der Waals surface area contributed by atoms with Gasteiger partial charge in [0.05, 0.1) is 29.3 Å². The Morgan fingerprint density at radius 2 is 1.49 bits per heavy atom. The minimum atomic E-state index is -3.19. The number of aryl methyl sites for hydroxylation is 1. The van der Waals surface area contributed by atoms with Gasteiger partial charge in [-0.25, -0.2) is 0 Å². The van der Waals surface area contributed by atoms with Crippen LogP contribution in [0, 0.1) is 6.92 Å². The minimum Gasteiger partial charge on any atom is -0.593 e. The van der Waals surface area contributed by atoms with Gasteiger partial charge in [-0.2, -0.15) is 0 Å². The van der Waals surface area contributed by atoms with E-state index in [0.29, 0.717) is 68.2 Å². The van der Waals surface area contributed by atoms with E-state index in [9.17, 15) is 18.2 Å². The van der Waals surface area contributed by atoms with Crippen LogP contribution in [0.3, 0.4) is 0 Å². The third-order valence-electron chi connectivity index (χ3n) is 4.06. The quantitative estimate of drug-likeness (QED) is 0.0769. The maximum absolute atomic E-state index is 12.4. The number of halogens is 3. The van der Waals surface area contributed by atoms with Crippen molar-refractivity contribution in [1.29, 1.82) is 0 Å². The number of rotatable bonds is 11. The molecular formula is C16H25Cl3N6O4P2S6. The zero-order valence-corrected chi connectivity index (χ0v) is 28.1. The van der Waals surface area contributed by atoms with Gasteiger partial charge in [0, 0.05) is 51.8 Å². The number of nitrogens with one attached hydrogen (secondary N) is 1.